The van der Waals surface area contributed by atoms with Crippen LogP contribution in [-0.4, -0.2) is 36.6 Å². The Labute approximate surface area is 109 Å². The molecule has 1 N–H and O–H groups in total. The summed E-state index contributed by atoms with van der Waals surface area (Å²) in [4.78, 5) is 2.61. The summed E-state index contributed by atoms with van der Waals surface area (Å²) in [7, 11) is 0. The number of rotatable bonds is 10. The molecule has 0 saturated heterocycles. The fraction of sp³-hybridized carbons (Fsp3) is 1.00. The molecule has 0 radical (unpaired) electrons. The molecular weight excluding hydrogens is 208 g/mol. The maximum absolute atomic E-state index is 3.55. The quantitative estimate of drug-likeness (QED) is 0.588. The third-order valence-electron chi connectivity index (χ3n) is 2.89. The summed E-state index contributed by atoms with van der Waals surface area (Å²) in [5.41, 5.74) is 0.274. The van der Waals surface area contributed by atoms with E-state index in [-0.39, 0.29) is 5.54 Å². The van der Waals surface area contributed by atoms with E-state index in [0.29, 0.717) is 0 Å². The molecule has 0 fully saturated rings. The number of unbranched alkanes of at least 4 members (excludes halogenated alkanes) is 2. The van der Waals surface area contributed by atoms with Crippen molar-refractivity contribution in [3.05, 3.63) is 0 Å². The molecule has 17 heavy (non-hydrogen) atoms. The molecule has 0 aromatic carbocycles. The molecule has 0 aliphatic carbocycles. The van der Waals surface area contributed by atoms with E-state index >= 15 is 0 Å². The van der Waals surface area contributed by atoms with Crippen LogP contribution in [0.3, 0.4) is 0 Å². The van der Waals surface area contributed by atoms with E-state index in [2.05, 4.69) is 44.8 Å². The first kappa shape index (κ1) is 16.9. The van der Waals surface area contributed by atoms with Gasteiger partial charge in [-0.25, -0.2) is 0 Å². The molecule has 0 aromatic rings. The summed E-state index contributed by atoms with van der Waals surface area (Å²) in [6.07, 6.45) is 6.58. The number of hydrogen-bond donors (Lipinski definition) is 1. The second kappa shape index (κ2) is 9.90. The average molecular weight is 242 g/mol. The molecule has 0 aromatic heterocycles. The Morgan fingerprint density at radius 2 is 1.41 bits per heavy atom. The Balaban J connectivity index is 3.41. The van der Waals surface area contributed by atoms with Crippen LogP contribution in [-0.2, 0) is 0 Å². The summed E-state index contributed by atoms with van der Waals surface area (Å²) < 4.78 is 0. The molecule has 0 unspecified atom stereocenters. The van der Waals surface area contributed by atoms with Gasteiger partial charge in [0, 0.05) is 5.54 Å². The molecule has 2 nitrogen and oxygen atoms in total. The highest BCUT2D eigenvalue weighted by Gasteiger charge is 2.07. The van der Waals surface area contributed by atoms with Crippen molar-refractivity contribution >= 4 is 0 Å². The molecule has 0 atom stereocenters. The lowest BCUT2D eigenvalue weighted by Gasteiger charge is -2.22. The van der Waals surface area contributed by atoms with Crippen molar-refractivity contribution < 1.29 is 0 Å². The molecule has 0 heterocycles. The monoisotopic (exact) mass is 242 g/mol. The summed E-state index contributed by atoms with van der Waals surface area (Å²) >= 11 is 0. The highest BCUT2D eigenvalue weighted by atomic mass is 15.1. The fourth-order valence-electron chi connectivity index (χ4n) is 2.07. The Morgan fingerprint density at radius 3 is 1.88 bits per heavy atom. The Kier molecular flexibility index (Phi) is 9.85. The highest BCUT2D eigenvalue weighted by Crippen LogP contribution is 2.03. The minimum Gasteiger partial charge on any atom is -0.312 e. The molecule has 0 bridgehead atoms. The smallest absolute Gasteiger partial charge is 0.00965 e. The standard InChI is InChI=1S/C15H34N2/c1-6-12-17(13-7-2)14-10-8-9-11-16-15(3,4)5/h16H,6-14H2,1-5H3. The van der Waals surface area contributed by atoms with E-state index in [4.69, 9.17) is 0 Å². The normalized spacial score (nSPS) is 12.4. The zero-order valence-corrected chi connectivity index (χ0v) is 12.8. The van der Waals surface area contributed by atoms with Gasteiger partial charge in [-0.15, -0.1) is 0 Å². The van der Waals surface area contributed by atoms with Crippen molar-refractivity contribution in [1.29, 1.82) is 0 Å². The molecule has 0 amide bonds. The van der Waals surface area contributed by atoms with Crippen LogP contribution in [0.4, 0.5) is 0 Å². The lowest BCUT2D eigenvalue weighted by Crippen LogP contribution is -2.36. The van der Waals surface area contributed by atoms with E-state index in [1.807, 2.05) is 0 Å². The van der Waals surface area contributed by atoms with Gasteiger partial charge in [0.15, 0.2) is 0 Å². The van der Waals surface area contributed by atoms with Gasteiger partial charge in [0.25, 0.3) is 0 Å². The van der Waals surface area contributed by atoms with Crippen LogP contribution >= 0.6 is 0 Å². The van der Waals surface area contributed by atoms with Gasteiger partial charge in [-0.2, -0.15) is 0 Å². The van der Waals surface area contributed by atoms with E-state index in [1.165, 1.54) is 51.7 Å². The first-order valence-corrected chi connectivity index (χ1v) is 7.47. The van der Waals surface area contributed by atoms with Gasteiger partial charge in [-0.1, -0.05) is 20.3 Å². The van der Waals surface area contributed by atoms with Crippen molar-refractivity contribution in [3.63, 3.8) is 0 Å². The molecular formula is C15H34N2. The Hall–Kier alpha value is -0.0800. The molecule has 104 valence electrons. The van der Waals surface area contributed by atoms with Crippen molar-refractivity contribution in [2.45, 2.75) is 72.3 Å². The number of nitrogens with zero attached hydrogens (tertiary/aromatic N) is 1. The Bertz CT molecular complexity index is 155. The van der Waals surface area contributed by atoms with Crippen LogP contribution < -0.4 is 5.32 Å². The van der Waals surface area contributed by atoms with Gasteiger partial charge in [-0.3, -0.25) is 0 Å². The predicted octanol–water partition coefficient (Wildman–Crippen LogP) is 3.67. The van der Waals surface area contributed by atoms with Crippen molar-refractivity contribution in [2.75, 3.05) is 26.2 Å². The lowest BCUT2D eigenvalue weighted by molar-refractivity contribution is 0.267. The van der Waals surface area contributed by atoms with E-state index < -0.39 is 0 Å². The van der Waals surface area contributed by atoms with Crippen LogP contribution in [0.25, 0.3) is 0 Å². The third kappa shape index (κ3) is 12.2. The van der Waals surface area contributed by atoms with Gasteiger partial charge in [0.05, 0.1) is 0 Å². The Morgan fingerprint density at radius 1 is 0.824 bits per heavy atom. The molecule has 0 aliphatic heterocycles. The fourth-order valence-corrected chi connectivity index (χ4v) is 2.07. The zero-order valence-electron chi connectivity index (χ0n) is 12.8. The van der Waals surface area contributed by atoms with Crippen LogP contribution in [0.5, 0.6) is 0 Å². The second-order valence-corrected chi connectivity index (χ2v) is 6.08. The maximum Gasteiger partial charge on any atom is 0.00965 e. The SMILES string of the molecule is CCCN(CCC)CCCCCNC(C)(C)C. The zero-order chi connectivity index (χ0) is 13.1. The third-order valence-corrected chi connectivity index (χ3v) is 2.89. The topological polar surface area (TPSA) is 15.3 Å². The van der Waals surface area contributed by atoms with Gasteiger partial charge < -0.3 is 10.2 Å². The van der Waals surface area contributed by atoms with Crippen LogP contribution in [0.15, 0.2) is 0 Å². The average Bonchev–Trinajstić information content (AvgIpc) is 2.22. The minimum atomic E-state index is 0.274. The van der Waals surface area contributed by atoms with Gasteiger partial charge in [-0.05, 0) is 72.6 Å². The van der Waals surface area contributed by atoms with Gasteiger partial charge in [0.1, 0.15) is 0 Å². The molecule has 0 rings (SSSR count). The summed E-state index contributed by atoms with van der Waals surface area (Å²) in [6, 6.07) is 0. The van der Waals surface area contributed by atoms with Crippen LogP contribution in [0.1, 0.15) is 66.7 Å². The first-order valence-electron chi connectivity index (χ1n) is 7.47. The summed E-state index contributed by atoms with van der Waals surface area (Å²) in [5, 5.41) is 3.55. The van der Waals surface area contributed by atoms with E-state index in [1.54, 1.807) is 0 Å². The molecule has 0 saturated carbocycles. The molecule has 0 aliphatic rings. The summed E-state index contributed by atoms with van der Waals surface area (Å²) in [6.45, 7) is 16.2. The van der Waals surface area contributed by atoms with E-state index in [0.717, 1.165) is 6.54 Å². The number of hydrogen-bond acceptors (Lipinski definition) is 2. The predicted molar refractivity (Wildman–Crippen MR) is 78.6 cm³/mol. The van der Waals surface area contributed by atoms with Crippen molar-refractivity contribution in [2.24, 2.45) is 0 Å². The molecule has 2 heteroatoms. The second-order valence-electron chi connectivity index (χ2n) is 6.08. The maximum atomic E-state index is 3.55. The van der Waals surface area contributed by atoms with Crippen LogP contribution in [0, 0.1) is 0 Å². The van der Waals surface area contributed by atoms with E-state index in [9.17, 15) is 0 Å². The largest absolute Gasteiger partial charge is 0.312 e. The van der Waals surface area contributed by atoms with Crippen molar-refractivity contribution in [3.8, 4) is 0 Å². The minimum absolute atomic E-state index is 0.274. The molecule has 0 spiro atoms. The van der Waals surface area contributed by atoms with Gasteiger partial charge in [0.2, 0.25) is 0 Å². The lowest BCUT2D eigenvalue weighted by atomic mass is 10.1. The number of nitrogens with one attached hydrogen (secondary N) is 1. The highest BCUT2D eigenvalue weighted by molar-refractivity contribution is 4.69. The summed E-state index contributed by atoms with van der Waals surface area (Å²) in [5.74, 6) is 0. The van der Waals surface area contributed by atoms with Gasteiger partial charge >= 0.3 is 0 Å². The van der Waals surface area contributed by atoms with Crippen LogP contribution in [0.2, 0.25) is 0 Å². The van der Waals surface area contributed by atoms with Crippen molar-refractivity contribution in [1.82, 2.24) is 10.2 Å². The first-order chi connectivity index (χ1) is 7.99.